The maximum absolute atomic E-state index is 12.2. The number of carbonyl (C=O) groups is 2. The van der Waals surface area contributed by atoms with Crippen molar-refractivity contribution in [3.63, 3.8) is 0 Å². The van der Waals surface area contributed by atoms with Crippen LogP contribution >= 0.6 is 15.9 Å². The van der Waals surface area contributed by atoms with Gasteiger partial charge in [0.1, 0.15) is 23.6 Å². The summed E-state index contributed by atoms with van der Waals surface area (Å²) >= 11 is 3.24. The van der Waals surface area contributed by atoms with Crippen LogP contribution in [0.25, 0.3) is 11.1 Å². The number of halogens is 1. The van der Waals surface area contributed by atoms with E-state index in [2.05, 4.69) is 15.9 Å². The zero-order chi connectivity index (χ0) is 21.0. The van der Waals surface area contributed by atoms with Crippen molar-refractivity contribution in [1.82, 2.24) is 4.98 Å². The molecule has 10 nitrogen and oxygen atoms in total. The Labute approximate surface area is 166 Å². The van der Waals surface area contributed by atoms with Crippen molar-refractivity contribution in [2.24, 2.45) is 0 Å². The molecule has 6 N–H and O–H groups in total. The minimum absolute atomic E-state index is 0.0232. The molecule has 0 aliphatic rings. The molecule has 0 fully saturated rings. The Hall–Kier alpha value is -3.05. The molecule has 0 amide bonds. The van der Waals surface area contributed by atoms with Gasteiger partial charge in [-0.1, -0.05) is 15.9 Å². The Bertz CT molecular complexity index is 986. The summed E-state index contributed by atoms with van der Waals surface area (Å²) in [6.07, 6.45) is 0. The van der Waals surface area contributed by atoms with E-state index in [9.17, 15) is 24.6 Å². The van der Waals surface area contributed by atoms with Crippen molar-refractivity contribution in [2.45, 2.75) is 6.92 Å². The Morgan fingerprint density at radius 2 is 1.75 bits per heavy atom. The number of rotatable bonds is 8. The third-order valence-electron chi connectivity index (χ3n) is 3.62. The molecule has 0 aliphatic heterocycles. The number of ether oxygens (including phenoxy) is 2. The van der Waals surface area contributed by atoms with Gasteiger partial charge in [0.25, 0.3) is 5.56 Å². The van der Waals surface area contributed by atoms with Crippen LogP contribution in [0.5, 0.6) is 11.5 Å². The van der Waals surface area contributed by atoms with Crippen LogP contribution in [0.15, 0.2) is 21.4 Å². The number of pyridine rings is 1. The molecule has 1 heterocycles. The van der Waals surface area contributed by atoms with Crippen molar-refractivity contribution in [2.75, 3.05) is 25.6 Å². The normalized spacial score (nSPS) is 10.5. The summed E-state index contributed by atoms with van der Waals surface area (Å²) in [6.45, 7) is 1.66. The highest BCUT2D eigenvalue weighted by Gasteiger charge is 2.28. The number of nitrogens with two attached hydrogens (primary N) is 1. The highest BCUT2D eigenvalue weighted by atomic mass is 79.9. The first kappa shape index (κ1) is 21.3. The molecule has 0 bridgehead atoms. The van der Waals surface area contributed by atoms with Gasteiger partial charge in [0.2, 0.25) is 0 Å². The summed E-state index contributed by atoms with van der Waals surface area (Å²) in [4.78, 5) is 37.6. The van der Waals surface area contributed by atoms with Crippen molar-refractivity contribution in [3.8, 4) is 22.6 Å². The molecule has 1 aromatic heterocycles. The molecule has 1 aromatic carbocycles. The maximum atomic E-state index is 12.2. The number of hydrogen-bond donors (Lipinski definition) is 5. The molecule has 2 aromatic rings. The molecule has 0 atom stereocenters. The van der Waals surface area contributed by atoms with Crippen LogP contribution in [-0.4, -0.2) is 52.1 Å². The standard InChI is InChI=1S/C17H17BrN2O8/c1-2-27-9-5-7(8(18)6-10(9)28-4-3-21)11-12(16(23)24)14(19)20-15(22)13(11)17(25)26/h5-6,21H,2-4H2,1H3,(H,23,24)(H,25,26)(H3,19,20,22). The van der Waals surface area contributed by atoms with Crippen molar-refractivity contribution >= 4 is 33.7 Å². The first-order valence-corrected chi connectivity index (χ1v) is 8.74. The summed E-state index contributed by atoms with van der Waals surface area (Å²) in [5, 5.41) is 28.0. The van der Waals surface area contributed by atoms with Crippen molar-refractivity contribution in [1.29, 1.82) is 0 Å². The van der Waals surface area contributed by atoms with Gasteiger partial charge in [-0.3, -0.25) is 4.79 Å². The van der Waals surface area contributed by atoms with Crippen molar-refractivity contribution < 1.29 is 34.4 Å². The number of aliphatic hydroxyl groups is 1. The number of nitrogens with one attached hydrogen (secondary N) is 1. The third-order valence-corrected chi connectivity index (χ3v) is 4.28. The van der Waals surface area contributed by atoms with Gasteiger partial charge in [0, 0.05) is 15.6 Å². The topological polar surface area (TPSA) is 172 Å². The van der Waals surface area contributed by atoms with E-state index < -0.39 is 34.4 Å². The summed E-state index contributed by atoms with van der Waals surface area (Å²) in [5.41, 5.74) is 2.94. The molecule has 0 aliphatic carbocycles. The van der Waals surface area contributed by atoms with Gasteiger partial charge < -0.3 is 35.5 Å². The molecule has 0 saturated heterocycles. The minimum Gasteiger partial charge on any atom is -0.490 e. The lowest BCUT2D eigenvalue weighted by Crippen LogP contribution is -2.24. The number of carboxylic acids is 2. The molecule has 0 spiro atoms. The summed E-state index contributed by atoms with van der Waals surface area (Å²) in [6, 6.07) is 2.76. The number of hydrogen-bond acceptors (Lipinski definition) is 7. The van der Waals surface area contributed by atoms with Crippen LogP contribution in [0.4, 0.5) is 5.82 Å². The lowest BCUT2D eigenvalue weighted by Gasteiger charge is -2.17. The second-order valence-electron chi connectivity index (χ2n) is 5.39. The van der Waals surface area contributed by atoms with Crippen molar-refractivity contribution in [3.05, 3.63) is 38.1 Å². The first-order valence-electron chi connectivity index (χ1n) is 7.95. The highest BCUT2D eigenvalue weighted by molar-refractivity contribution is 9.10. The fraction of sp³-hybridized carbons (Fsp3) is 0.235. The highest BCUT2D eigenvalue weighted by Crippen LogP contribution is 2.41. The van der Waals surface area contributed by atoms with E-state index in [-0.39, 0.29) is 46.9 Å². The van der Waals surface area contributed by atoms with Crippen LogP contribution in [0.1, 0.15) is 27.6 Å². The molecule has 150 valence electrons. The van der Waals surface area contributed by atoms with E-state index >= 15 is 0 Å². The van der Waals surface area contributed by atoms with Gasteiger partial charge in [0.15, 0.2) is 11.5 Å². The molecule has 2 rings (SSSR count). The average molecular weight is 457 g/mol. The molecular weight excluding hydrogens is 440 g/mol. The largest absolute Gasteiger partial charge is 0.490 e. The number of aromatic carboxylic acids is 2. The summed E-state index contributed by atoms with van der Waals surface area (Å²) < 4.78 is 11.1. The molecule has 0 radical (unpaired) electrons. The Morgan fingerprint density at radius 1 is 1.14 bits per heavy atom. The van der Waals surface area contributed by atoms with Crippen LogP contribution in [0.2, 0.25) is 0 Å². The molecule has 0 saturated carbocycles. The smallest absolute Gasteiger partial charge is 0.342 e. The summed E-state index contributed by atoms with van der Waals surface area (Å²) in [5.74, 6) is -3.22. The lowest BCUT2D eigenvalue weighted by atomic mass is 9.95. The van der Waals surface area contributed by atoms with E-state index in [1.165, 1.54) is 12.1 Å². The predicted octanol–water partition coefficient (Wildman–Crippen LogP) is 1.55. The molecule has 11 heteroatoms. The van der Waals surface area contributed by atoms with Gasteiger partial charge in [-0.15, -0.1) is 0 Å². The fourth-order valence-corrected chi connectivity index (χ4v) is 3.10. The SMILES string of the molecule is CCOc1cc(-c2c(C(=O)O)c(N)[nH]c(=O)c2C(=O)O)c(Br)cc1OCCO. The van der Waals surface area contributed by atoms with Crippen LogP contribution in [0, 0.1) is 0 Å². The third kappa shape index (κ3) is 4.10. The number of aliphatic hydroxyl groups excluding tert-OH is 1. The summed E-state index contributed by atoms with van der Waals surface area (Å²) in [7, 11) is 0. The van der Waals surface area contributed by atoms with E-state index in [1.54, 1.807) is 6.92 Å². The minimum atomic E-state index is -1.62. The van der Waals surface area contributed by atoms with Crippen LogP contribution in [0.3, 0.4) is 0 Å². The van der Waals surface area contributed by atoms with Gasteiger partial charge >= 0.3 is 11.9 Å². The van der Waals surface area contributed by atoms with Gasteiger partial charge in [-0.2, -0.15) is 0 Å². The first-order chi connectivity index (χ1) is 13.2. The number of H-pyrrole nitrogens is 1. The molecular formula is C17H17BrN2O8. The van der Waals surface area contributed by atoms with Gasteiger partial charge in [0.05, 0.1) is 13.2 Å². The van der Waals surface area contributed by atoms with Crippen LogP contribution < -0.4 is 20.8 Å². The van der Waals surface area contributed by atoms with Gasteiger partial charge in [-0.25, -0.2) is 9.59 Å². The van der Waals surface area contributed by atoms with E-state index in [4.69, 9.17) is 20.3 Å². The Kier molecular flexibility index (Phi) is 6.65. The Balaban J connectivity index is 2.90. The number of aromatic amines is 1. The Morgan fingerprint density at radius 3 is 2.29 bits per heavy atom. The van der Waals surface area contributed by atoms with Crippen LogP contribution in [-0.2, 0) is 0 Å². The maximum Gasteiger partial charge on any atom is 0.342 e. The molecule has 0 unspecified atom stereocenters. The second kappa shape index (κ2) is 8.76. The van der Waals surface area contributed by atoms with Gasteiger partial charge in [-0.05, 0) is 19.1 Å². The average Bonchev–Trinajstić information content (AvgIpc) is 2.60. The number of benzene rings is 1. The molecule has 28 heavy (non-hydrogen) atoms. The predicted molar refractivity (Wildman–Crippen MR) is 102 cm³/mol. The van der Waals surface area contributed by atoms with E-state index in [1.807, 2.05) is 4.98 Å². The number of carboxylic acid groups (broad SMARTS) is 2. The second-order valence-corrected chi connectivity index (χ2v) is 6.24. The zero-order valence-corrected chi connectivity index (χ0v) is 16.2. The fourth-order valence-electron chi connectivity index (χ4n) is 2.58. The number of aromatic nitrogens is 1. The number of anilines is 1. The zero-order valence-electron chi connectivity index (χ0n) is 14.6. The monoisotopic (exact) mass is 456 g/mol. The number of nitrogen functional groups attached to an aromatic ring is 1. The van der Waals surface area contributed by atoms with E-state index in [0.29, 0.717) is 0 Å². The van der Waals surface area contributed by atoms with E-state index in [0.717, 1.165) is 0 Å². The lowest BCUT2D eigenvalue weighted by molar-refractivity contribution is 0.0695. The quantitative estimate of drug-likeness (QED) is 0.394.